The Bertz CT molecular complexity index is 1450. The second-order valence-corrected chi connectivity index (χ2v) is 8.37. The number of carbonyl (C=O) groups is 1. The Morgan fingerprint density at radius 1 is 1.00 bits per heavy atom. The minimum Gasteiger partial charge on any atom is -0.490 e. The highest BCUT2D eigenvalue weighted by Gasteiger charge is 2.30. The number of hydrogen-bond donors (Lipinski definition) is 1. The number of amides is 1. The predicted octanol–water partition coefficient (Wildman–Crippen LogP) is 7.25. The molecule has 5 nitrogen and oxygen atoms in total. The second kappa shape index (κ2) is 11.3. The summed E-state index contributed by atoms with van der Waals surface area (Å²) in [5, 5.41) is 6.29. The Balaban J connectivity index is 1.49. The molecule has 37 heavy (non-hydrogen) atoms. The molecule has 0 spiro atoms. The summed E-state index contributed by atoms with van der Waals surface area (Å²) in [5.74, 6) is -0.0315. The van der Waals surface area contributed by atoms with Crippen molar-refractivity contribution in [2.75, 3.05) is 6.61 Å². The quantitative estimate of drug-likeness (QED) is 0.194. The molecule has 4 rings (SSSR count). The van der Waals surface area contributed by atoms with Crippen molar-refractivity contribution in [2.45, 2.75) is 19.7 Å². The topological polar surface area (TPSA) is 59.9 Å². The maximum atomic E-state index is 12.9. The lowest BCUT2D eigenvalue weighted by molar-refractivity contribution is -0.137. The van der Waals surface area contributed by atoms with Gasteiger partial charge in [0.05, 0.1) is 23.4 Å². The van der Waals surface area contributed by atoms with Crippen LogP contribution in [0.5, 0.6) is 11.5 Å². The van der Waals surface area contributed by atoms with Gasteiger partial charge in [-0.1, -0.05) is 60.1 Å². The first-order valence-corrected chi connectivity index (χ1v) is 11.7. The van der Waals surface area contributed by atoms with Crippen molar-refractivity contribution in [1.29, 1.82) is 0 Å². The maximum absolute atomic E-state index is 12.9. The molecule has 0 aliphatic rings. The van der Waals surface area contributed by atoms with Crippen LogP contribution in [0, 0.1) is 0 Å². The van der Waals surface area contributed by atoms with Crippen LogP contribution >= 0.6 is 11.6 Å². The molecule has 0 heterocycles. The molecular formula is C28H22ClF3N2O3. The van der Waals surface area contributed by atoms with E-state index in [1.807, 2.05) is 49.4 Å². The number of halogens is 4. The van der Waals surface area contributed by atoms with Crippen LogP contribution < -0.4 is 14.9 Å². The summed E-state index contributed by atoms with van der Waals surface area (Å²) >= 11 is 6.49. The van der Waals surface area contributed by atoms with Crippen molar-refractivity contribution < 1.29 is 27.4 Å². The number of nitrogens with one attached hydrogen (secondary N) is 1. The van der Waals surface area contributed by atoms with E-state index >= 15 is 0 Å². The predicted molar refractivity (Wildman–Crippen MR) is 137 cm³/mol. The fraction of sp³-hybridized carbons (Fsp3) is 0.143. The SMILES string of the molecule is CCOc1cc(/C=N\NC(=O)c2cccc(C(F)(F)F)c2)cc(Cl)c1OCc1cccc2ccccc12. The summed E-state index contributed by atoms with van der Waals surface area (Å²) in [6.45, 7) is 2.44. The highest BCUT2D eigenvalue weighted by molar-refractivity contribution is 6.32. The van der Waals surface area contributed by atoms with Crippen molar-refractivity contribution in [3.05, 3.63) is 106 Å². The largest absolute Gasteiger partial charge is 0.490 e. The number of benzene rings is 4. The molecule has 1 amide bonds. The monoisotopic (exact) mass is 526 g/mol. The standard InChI is InChI=1S/C28H22ClF3N2O3/c1-2-36-25-14-18(16-33-34-27(35)20-9-6-11-22(15-20)28(30,31)32)13-24(29)26(25)37-17-21-10-5-8-19-7-3-4-12-23(19)21/h3-16H,2,17H2,1H3,(H,34,35)/b33-16-. The van der Waals surface area contributed by atoms with E-state index in [-0.39, 0.29) is 17.2 Å². The molecule has 0 bridgehead atoms. The summed E-state index contributed by atoms with van der Waals surface area (Å²) in [6, 6.07) is 21.3. The zero-order chi connectivity index (χ0) is 26.4. The maximum Gasteiger partial charge on any atom is 0.416 e. The van der Waals surface area contributed by atoms with E-state index < -0.39 is 17.6 Å². The number of nitrogens with zero attached hydrogens (tertiary/aromatic N) is 1. The van der Waals surface area contributed by atoms with Crippen LogP contribution in [0.2, 0.25) is 5.02 Å². The molecule has 9 heteroatoms. The van der Waals surface area contributed by atoms with Gasteiger partial charge in [0.2, 0.25) is 0 Å². The number of rotatable bonds is 8. The molecule has 0 aliphatic carbocycles. The lowest BCUT2D eigenvalue weighted by Gasteiger charge is -2.15. The van der Waals surface area contributed by atoms with E-state index in [0.29, 0.717) is 23.7 Å². The molecule has 0 saturated heterocycles. The molecule has 4 aromatic carbocycles. The van der Waals surface area contributed by atoms with Gasteiger partial charge >= 0.3 is 6.18 Å². The third-order valence-corrected chi connectivity index (χ3v) is 5.70. The fourth-order valence-corrected chi connectivity index (χ4v) is 3.97. The van der Waals surface area contributed by atoms with Gasteiger partial charge in [-0.15, -0.1) is 0 Å². The van der Waals surface area contributed by atoms with Gasteiger partial charge in [-0.05, 0) is 59.2 Å². The molecule has 0 atom stereocenters. The molecule has 4 aromatic rings. The van der Waals surface area contributed by atoms with Crippen molar-refractivity contribution in [2.24, 2.45) is 5.10 Å². The highest BCUT2D eigenvalue weighted by Crippen LogP contribution is 2.37. The minimum atomic E-state index is -4.55. The number of fused-ring (bicyclic) bond motifs is 1. The van der Waals surface area contributed by atoms with E-state index in [0.717, 1.165) is 34.5 Å². The van der Waals surface area contributed by atoms with Crippen molar-refractivity contribution in [1.82, 2.24) is 5.43 Å². The van der Waals surface area contributed by atoms with Crippen LogP contribution in [0.25, 0.3) is 10.8 Å². The summed E-state index contributed by atoms with van der Waals surface area (Å²) in [4.78, 5) is 12.3. The van der Waals surface area contributed by atoms with Gasteiger partial charge in [-0.2, -0.15) is 18.3 Å². The summed E-state index contributed by atoms with van der Waals surface area (Å²) < 4.78 is 50.5. The molecule has 0 aromatic heterocycles. The molecule has 1 N–H and O–H groups in total. The van der Waals surface area contributed by atoms with Crippen molar-refractivity contribution >= 4 is 34.5 Å². The normalized spacial score (nSPS) is 11.6. The van der Waals surface area contributed by atoms with E-state index in [2.05, 4.69) is 10.5 Å². The average Bonchev–Trinajstić information content (AvgIpc) is 2.88. The zero-order valence-corrected chi connectivity index (χ0v) is 20.4. The van der Waals surface area contributed by atoms with Gasteiger partial charge in [0.15, 0.2) is 11.5 Å². The van der Waals surface area contributed by atoms with Crippen LogP contribution in [-0.2, 0) is 12.8 Å². The summed E-state index contributed by atoms with van der Waals surface area (Å²) in [5.41, 5.74) is 2.62. The van der Waals surface area contributed by atoms with Gasteiger partial charge < -0.3 is 9.47 Å². The lowest BCUT2D eigenvalue weighted by Crippen LogP contribution is -2.18. The Labute approximate surface area is 216 Å². The van der Waals surface area contributed by atoms with Crippen LogP contribution in [0.3, 0.4) is 0 Å². The average molecular weight is 527 g/mol. The Hall–Kier alpha value is -4.04. The smallest absolute Gasteiger partial charge is 0.416 e. The van der Waals surface area contributed by atoms with E-state index in [1.165, 1.54) is 12.3 Å². The molecule has 0 saturated carbocycles. The Morgan fingerprint density at radius 2 is 1.76 bits per heavy atom. The number of hydrazone groups is 1. The highest BCUT2D eigenvalue weighted by atomic mass is 35.5. The third kappa shape index (κ3) is 6.40. The van der Waals surface area contributed by atoms with Gasteiger partial charge in [0.25, 0.3) is 5.91 Å². The molecule has 0 radical (unpaired) electrons. The van der Waals surface area contributed by atoms with E-state index in [1.54, 1.807) is 12.1 Å². The first kappa shape index (κ1) is 26.0. The van der Waals surface area contributed by atoms with E-state index in [4.69, 9.17) is 21.1 Å². The summed E-state index contributed by atoms with van der Waals surface area (Å²) in [6.07, 6.45) is -3.24. The zero-order valence-electron chi connectivity index (χ0n) is 19.7. The Kier molecular flexibility index (Phi) is 7.98. The van der Waals surface area contributed by atoms with Gasteiger partial charge in [-0.3, -0.25) is 4.79 Å². The van der Waals surface area contributed by atoms with E-state index in [9.17, 15) is 18.0 Å². The van der Waals surface area contributed by atoms with Gasteiger partial charge in [0, 0.05) is 5.56 Å². The number of hydrogen-bond acceptors (Lipinski definition) is 4. The molecule has 190 valence electrons. The number of ether oxygens (including phenoxy) is 2. The Morgan fingerprint density at radius 3 is 2.54 bits per heavy atom. The first-order valence-electron chi connectivity index (χ1n) is 11.3. The van der Waals surface area contributed by atoms with Gasteiger partial charge in [0.1, 0.15) is 6.61 Å². The van der Waals surface area contributed by atoms with Crippen molar-refractivity contribution in [3.63, 3.8) is 0 Å². The molecule has 0 unspecified atom stereocenters. The number of carbonyl (C=O) groups excluding carboxylic acids is 1. The van der Waals surface area contributed by atoms with Crippen LogP contribution in [0.4, 0.5) is 13.2 Å². The lowest BCUT2D eigenvalue weighted by atomic mass is 10.1. The summed E-state index contributed by atoms with van der Waals surface area (Å²) in [7, 11) is 0. The van der Waals surface area contributed by atoms with Crippen LogP contribution in [0.15, 0.2) is 84.0 Å². The third-order valence-electron chi connectivity index (χ3n) is 5.42. The second-order valence-electron chi connectivity index (χ2n) is 7.97. The van der Waals surface area contributed by atoms with Crippen LogP contribution in [0.1, 0.15) is 34.0 Å². The first-order chi connectivity index (χ1) is 17.8. The van der Waals surface area contributed by atoms with Crippen molar-refractivity contribution in [3.8, 4) is 11.5 Å². The van der Waals surface area contributed by atoms with Crippen LogP contribution in [-0.4, -0.2) is 18.7 Å². The molecule has 0 aliphatic heterocycles. The number of alkyl halides is 3. The fourth-order valence-electron chi connectivity index (χ4n) is 3.70. The molecular weight excluding hydrogens is 505 g/mol. The minimum absolute atomic E-state index is 0.169. The van der Waals surface area contributed by atoms with Gasteiger partial charge in [-0.25, -0.2) is 5.43 Å². The molecule has 0 fully saturated rings.